The molecule has 0 spiro atoms. The van der Waals surface area contributed by atoms with Crippen molar-refractivity contribution in [1.82, 2.24) is 9.88 Å². The summed E-state index contributed by atoms with van der Waals surface area (Å²) in [6, 6.07) is 5.93. The number of piperazine rings is 1. The number of amides is 1. The van der Waals surface area contributed by atoms with Crippen molar-refractivity contribution in [3.05, 3.63) is 22.8 Å². The number of carbonyl (C=O) groups is 1. The lowest BCUT2D eigenvalue weighted by Gasteiger charge is -2.35. The summed E-state index contributed by atoms with van der Waals surface area (Å²) in [6.45, 7) is 7.62. The molecule has 4 nitrogen and oxygen atoms in total. The normalized spacial score (nSPS) is 15.8. The van der Waals surface area contributed by atoms with Crippen molar-refractivity contribution >= 4 is 27.7 Å². The van der Waals surface area contributed by atoms with E-state index in [9.17, 15) is 4.79 Å². The summed E-state index contributed by atoms with van der Waals surface area (Å²) in [4.78, 5) is 20.8. The van der Waals surface area contributed by atoms with Crippen LogP contribution in [0.4, 0.5) is 5.82 Å². The molecule has 0 unspecified atom stereocenters. The van der Waals surface area contributed by atoms with Gasteiger partial charge in [0.1, 0.15) is 10.4 Å². The van der Waals surface area contributed by atoms with E-state index in [4.69, 9.17) is 0 Å². The van der Waals surface area contributed by atoms with Gasteiger partial charge in [0.05, 0.1) is 0 Å². The summed E-state index contributed by atoms with van der Waals surface area (Å²) in [5.41, 5.74) is 0. The highest BCUT2D eigenvalue weighted by molar-refractivity contribution is 9.10. The van der Waals surface area contributed by atoms with Crippen molar-refractivity contribution in [3.8, 4) is 0 Å². The van der Waals surface area contributed by atoms with E-state index in [2.05, 4.69) is 39.7 Å². The Morgan fingerprint density at radius 1 is 1.30 bits per heavy atom. The van der Waals surface area contributed by atoms with Gasteiger partial charge in [-0.3, -0.25) is 4.79 Å². The van der Waals surface area contributed by atoms with Crippen molar-refractivity contribution in [2.24, 2.45) is 5.92 Å². The Kier molecular flexibility index (Phi) is 5.40. The van der Waals surface area contributed by atoms with Crippen molar-refractivity contribution in [2.45, 2.75) is 26.7 Å². The summed E-state index contributed by atoms with van der Waals surface area (Å²) >= 11 is 3.40. The molecule has 1 saturated heterocycles. The summed E-state index contributed by atoms with van der Waals surface area (Å²) in [5, 5.41) is 0. The van der Waals surface area contributed by atoms with Crippen LogP contribution in [0.25, 0.3) is 0 Å². The van der Waals surface area contributed by atoms with Crippen molar-refractivity contribution in [3.63, 3.8) is 0 Å². The van der Waals surface area contributed by atoms with E-state index in [1.54, 1.807) is 0 Å². The number of pyridine rings is 1. The molecule has 5 heteroatoms. The topological polar surface area (TPSA) is 36.4 Å². The first kappa shape index (κ1) is 15.3. The Labute approximate surface area is 129 Å². The van der Waals surface area contributed by atoms with Gasteiger partial charge in [0.2, 0.25) is 5.91 Å². The van der Waals surface area contributed by atoms with Gasteiger partial charge in [0.15, 0.2) is 0 Å². The van der Waals surface area contributed by atoms with E-state index < -0.39 is 0 Å². The van der Waals surface area contributed by atoms with Crippen LogP contribution in [0.15, 0.2) is 22.8 Å². The summed E-state index contributed by atoms with van der Waals surface area (Å²) in [6.07, 6.45) is 1.65. The quantitative estimate of drug-likeness (QED) is 0.791. The van der Waals surface area contributed by atoms with Gasteiger partial charge in [-0.2, -0.15) is 0 Å². The fraction of sp³-hybridized carbons (Fsp3) is 0.600. The van der Waals surface area contributed by atoms with E-state index in [1.165, 1.54) is 0 Å². The molecule has 0 aliphatic carbocycles. The molecule has 0 atom stereocenters. The first-order valence-electron chi connectivity index (χ1n) is 7.21. The number of carbonyl (C=O) groups excluding carboxylic acids is 1. The molecule has 0 radical (unpaired) electrons. The Balaban J connectivity index is 1.84. The molecular weight excluding hydrogens is 318 g/mol. The lowest BCUT2D eigenvalue weighted by atomic mass is 10.1. The van der Waals surface area contributed by atoms with Gasteiger partial charge in [-0.15, -0.1) is 0 Å². The van der Waals surface area contributed by atoms with Crippen LogP contribution in [0.5, 0.6) is 0 Å². The van der Waals surface area contributed by atoms with Gasteiger partial charge in [-0.05, 0) is 40.4 Å². The second-order valence-electron chi connectivity index (χ2n) is 5.62. The van der Waals surface area contributed by atoms with Crippen LogP contribution in [0.1, 0.15) is 26.7 Å². The molecule has 0 saturated carbocycles. The van der Waals surface area contributed by atoms with Crippen LogP contribution < -0.4 is 4.90 Å². The third kappa shape index (κ3) is 4.20. The SMILES string of the molecule is CC(C)CCC(=O)N1CCN(c2cccc(Br)n2)CC1. The number of hydrogen-bond acceptors (Lipinski definition) is 3. The number of hydrogen-bond donors (Lipinski definition) is 0. The molecule has 1 amide bonds. The second-order valence-corrected chi connectivity index (χ2v) is 6.43. The highest BCUT2D eigenvalue weighted by Crippen LogP contribution is 2.17. The molecule has 1 aromatic heterocycles. The number of anilines is 1. The number of rotatable bonds is 4. The standard InChI is InChI=1S/C15H22BrN3O/c1-12(2)6-7-15(20)19-10-8-18(9-11-19)14-5-3-4-13(16)17-14/h3-5,12H,6-11H2,1-2H3. The van der Waals surface area contributed by atoms with Crippen LogP contribution in [0.3, 0.4) is 0 Å². The summed E-state index contributed by atoms with van der Waals surface area (Å²) in [7, 11) is 0. The van der Waals surface area contributed by atoms with Gasteiger partial charge in [-0.1, -0.05) is 19.9 Å². The first-order chi connectivity index (χ1) is 9.56. The highest BCUT2D eigenvalue weighted by atomic mass is 79.9. The molecule has 1 aromatic rings. The molecule has 1 aliphatic heterocycles. The zero-order valence-electron chi connectivity index (χ0n) is 12.2. The van der Waals surface area contributed by atoms with E-state index in [-0.39, 0.29) is 0 Å². The Morgan fingerprint density at radius 3 is 2.60 bits per heavy atom. The molecule has 110 valence electrons. The monoisotopic (exact) mass is 339 g/mol. The predicted molar refractivity (Wildman–Crippen MR) is 84.8 cm³/mol. The van der Waals surface area contributed by atoms with Crippen LogP contribution in [-0.4, -0.2) is 42.0 Å². The number of halogens is 1. The molecule has 2 heterocycles. The van der Waals surface area contributed by atoms with Gasteiger partial charge in [0, 0.05) is 32.6 Å². The van der Waals surface area contributed by atoms with Crippen LogP contribution in [0.2, 0.25) is 0 Å². The molecule has 20 heavy (non-hydrogen) atoms. The Hall–Kier alpha value is -1.10. The second kappa shape index (κ2) is 7.07. The zero-order chi connectivity index (χ0) is 14.5. The molecule has 2 rings (SSSR count). The summed E-state index contributed by atoms with van der Waals surface area (Å²) in [5.74, 6) is 1.86. The Morgan fingerprint density at radius 2 is 2.00 bits per heavy atom. The van der Waals surface area contributed by atoms with E-state index >= 15 is 0 Å². The van der Waals surface area contributed by atoms with Crippen molar-refractivity contribution in [2.75, 3.05) is 31.1 Å². The van der Waals surface area contributed by atoms with Crippen molar-refractivity contribution < 1.29 is 4.79 Å². The predicted octanol–water partition coefficient (Wildman–Crippen LogP) is 2.93. The van der Waals surface area contributed by atoms with Crippen molar-refractivity contribution in [1.29, 1.82) is 0 Å². The first-order valence-corrected chi connectivity index (χ1v) is 8.01. The fourth-order valence-electron chi connectivity index (χ4n) is 2.33. The molecular formula is C15H22BrN3O. The van der Waals surface area contributed by atoms with Crippen LogP contribution in [-0.2, 0) is 4.79 Å². The summed E-state index contributed by atoms with van der Waals surface area (Å²) < 4.78 is 0.852. The molecule has 0 aromatic carbocycles. The average molecular weight is 340 g/mol. The minimum Gasteiger partial charge on any atom is -0.353 e. The maximum Gasteiger partial charge on any atom is 0.222 e. The van der Waals surface area contributed by atoms with E-state index in [0.29, 0.717) is 18.2 Å². The number of aromatic nitrogens is 1. The largest absolute Gasteiger partial charge is 0.353 e. The van der Waals surface area contributed by atoms with Gasteiger partial charge >= 0.3 is 0 Å². The van der Waals surface area contributed by atoms with Gasteiger partial charge in [0.25, 0.3) is 0 Å². The smallest absolute Gasteiger partial charge is 0.222 e. The zero-order valence-corrected chi connectivity index (χ0v) is 13.8. The number of nitrogens with zero attached hydrogens (tertiary/aromatic N) is 3. The minimum atomic E-state index is 0.292. The van der Waals surface area contributed by atoms with Crippen LogP contribution >= 0.6 is 15.9 Å². The maximum atomic E-state index is 12.1. The van der Waals surface area contributed by atoms with Gasteiger partial charge in [-0.25, -0.2) is 4.98 Å². The molecule has 0 bridgehead atoms. The minimum absolute atomic E-state index is 0.292. The third-order valence-corrected chi connectivity index (χ3v) is 4.03. The average Bonchev–Trinajstić information content (AvgIpc) is 2.45. The lowest BCUT2D eigenvalue weighted by molar-refractivity contribution is -0.131. The van der Waals surface area contributed by atoms with E-state index in [0.717, 1.165) is 43.0 Å². The maximum absolute atomic E-state index is 12.1. The third-order valence-electron chi connectivity index (χ3n) is 3.59. The van der Waals surface area contributed by atoms with Gasteiger partial charge < -0.3 is 9.80 Å². The molecule has 0 N–H and O–H groups in total. The van der Waals surface area contributed by atoms with E-state index in [1.807, 2.05) is 23.1 Å². The Bertz CT molecular complexity index is 456. The fourth-order valence-corrected chi connectivity index (χ4v) is 2.66. The highest BCUT2D eigenvalue weighted by Gasteiger charge is 2.21. The van der Waals surface area contributed by atoms with Crippen LogP contribution in [0, 0.1) is 5.92 Å². The molecule has 1 fully saturated rings. The lowest BCUT2D eigenvalue weighted by Crippen LogP contribution is -2.49. The molecule has 1 aliphatic rings.